The van der Waals surface area contributed by atoms with Crippen molar-refractivity contribution < 1.29 is 0 Å². The molecule has 0 radical (unpaired) electrons. The minimum atomic E-state index is 0.518. The first-order chi connectivity index (χ1) is 8.69. The van der Waals surface area contributed by atoms with Gasteiger partial charge in [0, 0.05) is 18.7 Å². The normalized spacial score (nSPS) is 10.9. The lowest BCUT2D eigenvalue weighted by molar-refractivity contribution is 0.785. The van der Waals surface area contributed by atoms with Gasteiger partial charge in [-0.3, -0.25) is 0 Å². The largest absolute Gasteiger partial charge is 0.217 e. The van der Waals surface area contributed by atoms with E-state index in [1.165, 1.54) is 5.56 Å². The highest BCUT2D eigenvalue weighted by atomic mass is 35.5. The van der Waals surface area contributed by atoms with Gasteiger partial charge in [-0.1, -0.05) is 26.0 Å². The summed E-state index contributed by atoms with van der Waals surface area (Å²) in [7, 11) is 0. The number of halogens is 1. The van der Waals surface area contributed by atoms with Gasteiger partial charge in [-0.2, -0.15) is 5.10 Å². The highest BCUT2D eigenvalue weighted by Gasteiger charge is 2.11. The summed E-state index contributed by atoms with van der Waals surface area (Å²) in [4.78, 5) is 4.54. The van der Waals surface area contributed by atoms with Crippen LogP contribution in [0.3, 0.4) is 0 Å². The van der Waals surface area contributed by atoms with Gasteiger partial charge < -0.3 is 0 Å². The fourth-order valence-corrected chi connectivity index (χ4v) is 2.10. The number of aromatic nitrogens is 3. The first-order valence-corrected chi connectivity index (χ1v) is 6.83. The van der Waals surface area contributed by atoms with Crippen molar-refractivity contribution in [3.8, 4) is 5.69 Å². The van der Waals surface area contributed by atoms with Gasteiger partial charge in [0.2, 0.25) is 0 Å². The second-order valence-electron chi connectivity index (χ2n) is 4.32. The van der Waals surface area contributed by atoms with E-state index in [9.17, 15) is 0 Å². The number of benzene rings is 1. The lowest BCUT2D eigenvalue weighted by Gasteiger charge is -2.09. The molecule has 0 fully saturated rings. The maximum Gasteiger partial charge on any atom is 0.151 e. The van der Waals surface area contributed by atoms with Crippen LogP contribution in [0.4, 0.5) is 0 Å². The molecule has 3 nitrogen and oxygen atoms in total. The van der Waals surface area contributed by atoms with Crippen molar-refractivity contribution in [1.82, 2.24) is 14.8 Å². The van der Waals surface area contributed by atoms with E-state index < -0.39 is 0 Å². The van der Waals surface area contributed by atoms with E-state index in [1.807, 2.05) is 4.68 Å². The number of nitrogens with zero attached hydrogens (tertiary/aromatic N) is 3. The van der Waals surface area contributed by atoms with Crippen molar-refractivity contribution in [3.05, 3.63) is 41.0 Å². The summed E-state index contributed by atoms with van der Waals surface area (Å²) < 4.78 is 1.95. The third kappa shape index (κ3) is 2.41. The first kappa shape index (κ1) is 13.1. The lowest BCUT2D eigenvalue weighted by atomic mass is 10.1. The van der Waals surface area contributed by atoms with Gasteiger partial charge >= 0.3 is 0 Å². The molecule has 0 saturated heterocycles. The van der Waals surface area contributed by atoms with Gasteiger partial charge in [0.05, 0.1) is 5.69 Å². The summed E-state index contributed by atoms with van der Waals surface area (Å²) in [5, 5.41) is 4.57. The van der Waals surface area contributed by atoms with Crippen LogP contribution in [0.1, 0.15) is 36.6 Å². The van der Waals surface area contributed by atoms with Gasteiger partial charge in [-0.25, -0.2) is 9.67 Å². The number of hydrogen-bond donors (Lipinski definition) is 0. The standard InChI is InChI=1S/C14H18ClN3/c1-4-13-16-14(5-2)18(17-13)12-8-11(9-15)7-6-10(12)3/h6-8H,4-5,9H2,1-3H3. The Hall–Kier alpha value is -1.35. The van der Waals surface area contributed by atoms with Crippen LogP contribution in [-0.4, -0.2) is 14.8 Å². The molecule has 0 saturated carbocycles. The summed E-state index contributed by atoms with van der Waals surface area (Å²) in [5.74, 6) is 2.41. The summed E-state index contributed by atoms with van der Waals surface area (Å²) in [5.41, 5.74) is 3.37. The summed E-state index contributed by atoms with van der Waals surface area (Å²) >= 11 is 5.90. The quantitative estimate of drug-likeness (QED) is 0.791. The lowest BCUT2D eigenvalue weighted by Crippen LogP contribution is -2.04. The molecule has 18 heavy (non-hydrogen) atoms. The summed E-state index contributed by atoms with van der Waals surface area (Å²) in [6.45, 7) is 6.25. The zero-order valence-electron chi connectivity index (χ0n) is 11.1. The Morgan fingerprint density at radius 1 is 1.22 bits per heavy atom. The minimum absolute atomic E-state index is 0.518. The predicted molar refractivity (Wildman–Crippen MR) is 74.4 cm³/mol. The third-order valence-electron chi connectivity index (χ3n) is 3.01. The average Bonchev–Trinajstić information content (AvgIpc) is 2.82. The van der Waals surface area contributed by atoms with Crippen LogP contribution in [0.25, 0.3) is 5.69 Å². The van der Waals surface area contributed by atoms with E-state index in [-0.39, 0.29) is 0 Å². The van der Waals surface area contributed by atoms with Crippen molar-refractivity contribution in [2.45, 2.75) is 39.5 Å². The van der Waals surface area contributed by atoms with E-state index >= 15 is 0 Å². The molecule has 0 atom stereocenters. The second-order valence-corrected chi connectivity index (χ2v) is 4.58. The van der Waals surface area contributed by atoms with Crippen molar-refractivity contribution in [1.29, 1.82) is 0 Å². The summed E-state index contributed by atoms with van der Waals surface area (Å²) in [6, 6.07) is 6.23. The molecule has 0 N–H and O–H groups in total. The van der Waals surface area contributed by atoms with Crippen LogP contribution < -0.4 is 0 Å². The van der Waals surface area contributed by atoms with E-state index in [2.05, 4.69) is 49.1 Å². The van der Waals surface area contributed by atoms with Crippen LogP contribution in [0.5, 0.6) is 0 Å². The van der Waals surface area contributed by atoms with Gasteiger partial charge in [-0.15, -0.1) is 11.6 Å². The number of aryl methyl sites for hydroxylation is 3. The topological polar surface area (TPSA) is 30.7 Å². The molecule has 0 aliphatic rings. The predicted octanol–water partition coefficient (Wildman–Crippen LogP) is 3.44. The van der Waals surface area contributed by atoms with Crippen LogP contribution in [0, 0.1) is 6.92 Å². The van der Waals surface area contributed by atoms with E-state index in [0.29, 0.717) is 5.88 Å². The zero-order chi connectivity index (χ0) is 13.1. The first-order valence-electron chi connectivity index (χ1n) is 6.30. The molecule has 0 unspecified atom stereocenters. The molecule has 4 heteroatoms. The van der Waals surface area contributed by atoms with Crippen LogP contribution in [0.2, 0.25) is 0 Å². The molecule has 2 aromatic rings. The van der Waals surface area contributed by atoms with E-state index in [0.717, 1.165) is 35.7 Å². The molecule has 0 bridgehead atoms. The number of hydrogen-bond acceptors (Lipinski definition) is 2. The fraction of sp³-hybridized carbons (Fsp3) is 0.429. The maximum absolute atomic E-state index is 5.90. The van der Waals surface area contributed by atoms with Crippen molar-refractivity contribution >= 4 is 11.6 Å². The smallest absolute Gasteiger partial charge is 0.151 e. The maximum atomic E-state index is 5.90. The molecule has 1 heterocycles. The SMILES string of the molecule is CCc1nc(CC)n(-c2cc(CCl)ccc2C)n1. The molecule has 2 rings (SSSR count). The Kier molecular flexibility index (Phi) is 4.02. The molecule has 0 aliphatic heterocycles. The Bertz CT molecular complexity index is 546. The highest BCUT2D eigenvalue weighted by Crippen LogP contribution is 2.19. The van der Waals surface area contributed by atoms with Crippen molar-refractivity contribution in [2.24, 2.45) is 0 Å². The Labute approximate surface area is 113 Å². The van der Waals surface area contributed by atoms with E-state index in [4.69, 9.17) is 11.6 Å². The number of alkyl halides is 1. The fourth-order valence-electron chi connectivity index (χ4n) is 1.93. The molecular weight excluding hydrogens is 246 g/mol. The molecule has 0 aliphatic carbocycles. The molecule has 0 amide bonds. The van der Waals surface area contributed by atoms with Gasteiger partial charge in [0.1, 0.15) is 5.82 Å². The van der Waals surface area contributed by atoms with Crippen molar-refractivity contribution in [3.63, 3.8) is 0 Å². The monoisotopic (exact) mass is 263 g/mol. The molecule has 96 valence electrons. The minimum Gasteiger partial charge on any atom is -0.217 e. The Morgan fingerprint density at radius 3 is 2.61 bits per heavy atom. The highest BCUT2D eigenvalue weighted by molar-refractivity contribution is 6.17. The van der Waals surface area contributed by atoms with Crippen LogP contribution in [-0.2, 0) is 18.7 Å². The van der Waals surface area contributed by atoms with Gasteiger partial charge in [-0.05, 0) is 24.1 Å². The molecule has 1 aromatic heterocycles. The van der Waals surface area contributed by atoms with E-state index in [1.54, 1.807) is 0 Å². The number of rotatable bonds is 4. The van der Waals surface area contributed by atoms with Crippen LogP contribution >= 0.6 is 11.6 Å². The van der Waals surface area contributed by atoms with Gasteiger partial charge in [0.15, 0.2) is 5.82 Å². The van der Waals surface area contributed by atoms with Crippen molar-refractivity contribution in [2.75, 3.05) is 0 Å². The van der Waals surface area contributed by atoms with Gasteiger partial charge in [0.25, 0.3) is 0 Å². The summed E-state index contributed by atoms with van der Waals surface area (Å²) in [6.07, 6.45) is 1.73. The second kappa shape index (κ2) is 5.53. The van der Waals surface area contributed by atoms with Crippen LogP contribution in [0.15, 0.2) is 18.2 Å². The molecule has 0 spiro atoms. The Morgan fingerprint density at radius 2 is 2.00 bits per heavy atom. The molecular formula is C14H18ClN3. The molecule has 1 aromatic carbocycles. The zero-order valence-corrected chi connectivity index (χ0v) is 11.8. The average molecular weight is 264 g/mol. The third-order valence-corrected chi connectivity index (χ3v) is 3.32. The Balaban J connectivity index is 2.56.